The Bertz CT molecular complexity index is 931. The Morgan fingerprint density at radius 2 is 2.00 bits per heavy atom. The molecule has 4 rings (SSSR count). The highest BCUT2D eigenvalue weighted by Gasteiger charge is 2.31. The van der Waals surface area contributed by atoms with E-state index in [4.69, 9.17) is 0 Å². The van der Waals surface area contributed by atoms with Crippen LogP contribution in [0.25, 0.3) is 10.9 Å². The van der Waals surface area contributed by atoms with Crippen molar-refractivity contribution in [1.29, 1.82) is 0 Å². The minimum atomic E-state index is -0.230. The zero-order chi connectivity index (χ0) is 19.2. The highest BCUT2D eigenvalue weighted by Crippen LogP contribution is 2.28. The molecule has 1 aliphatic heterocycles. The Morgan fingerprint density at radius 3 is 2.70 bits per heavy atom. The second-order valence-electron chi connectivity index (χ2n) is 8.58. The predicted molar refractivity (Wildman–Crippen MR) is 106 cm³/mol. The summed E-state index contributed by atoms with van der Waals surface area (Å²) in [4.78, 5) is 25.5. The Balaban J connectivity index is 1.69. The lowest BCUT2D eigenvalue weighted by Crippen LogP contribution is -2.39. The van der Waals surface area contributed by atoms with Gasteiger partial charge in [0, 0.05) is 22.9 Å². The van der Waals surface area contributed by atoms with Gasteiger partial charge in [0.25, 0.3) is 5.91 Å². The molecule has 6 nitrogen and oxygen atoms in total. The van der Waals surface area contributed by atoms with Crippen LogP contribution in [0.4, 0.5) is 0 Å². The minimum Gasteiger partial charge on any atom is -0.354 e. The van der Waals surface area contributed by atoms with E-state index in [-0.39, 0.29) is 23.8 Å². The maximum atomic E-state index is 13.2. The molecule has 1 fully saturated rings. The fourth-order valence-electron chi connectivity index (χ4n) is 3.33. The molecule has 1 aliphatic carbocycles. The van der Waals surface area contributed by atoms with E-state index in [0.29, 0.717) is 24.7 Å². The summed E-state index contributed by atoms with van der Waals surface area (Å²) in [5.41, 5.74) is 2.26. The lowest BCUT2D eigenvalue weighted by atomic mass is 9.90. The molecule has 2 aromatic rings. The highest BCUT2D eigenvalue weighted by atomic mass is 16.2. The summed E-state index contributed by atoms with van der Waals surface area (Å²) < 4.78 is 2.02. The molecule has 0 atom stereocenters. The van der Waals surface area contributed by atoms with E-state index >= 15 is 0 Å². The summed E-state index contributed by atoms with van der Waals surface area (Å²) in [5, 5.41) is 9.91. The third-order valence-corrected chi connectivity index (χ3v) is 5.26. The van der Waals surface area contributed by atoms with E-state index in [1.807, 2.05) is 34.9 Å². The first-order valence-electron chi connectivity index (χ1n) is 9.58. The standard InChI is InChI=1S/C21H26N4O2/c1-21(2,3)18-12-24-16-7-5-4-6-15(16)10-17(24)20(27)25(23-18)13-19(26)22-11-14-8-9-14/h4-7,10,14H,8-9,11-13H2,1-3H3,(H,22,26). The topological polar surface area (TPSA) is 66.7 Å². The van der Waals surface area contributed by atoms with Crippen molar-refractivity contribution in [3.63, 3.8) is 0 Å². The van der Waals surface area contributed by atoms with E-state index in [1.54, 1.807) is 0 Å². The van der Waals surface area contributed by atoms with Crippen LogP contribution in [0.15, 0.2) is 35.4 Å². The number of carbonyl (C=O) groups excluding carboxylic acids is 2. The number of para-hydroxylation sites is 1. The molecule has 142 valence electrons. The molecule has 2 aliphatic rings. The maximum absolute atomic E-state index is 13.2. The fourth-order valence-corrected chi connectivity index (χ4v) is 3.33. The normalized spacial score (nSPS) is 17.5. The van der Waals surface area contributed by atoms with Gasteiger partial charge in [-0.15, -0.1) is 0 Å². The van der Waals surface area contributed by atoms with Crippen LogP contribution >= 0.6 is 0 Å². The van der Waals surface area contributed by atoms with E-state index in [2.05, 4.69) is 31.2 Å². The van der Waals surface area contributed by atoms with Gasteiger partial charge in [-0.05, 0) is 30.9 Å². The summed E-state index contributed by atoms with van der Waals surface area (Å²) in [6, 6.07) is 9.86. The Labute approximate surface area is 159 Å². The van der Waals surface area contributed by atoms with Crippen molar-refractivity contribution in [2.75, 3.05) is 13.1 Å². The minimum absolute atomic E-state index is 0.0489. The van der Waals surface area contributed by atoms with Gasteiger partial charge >= 0.3 is 0 Å². The van der Waals surface area contributed by atoms with E-state index in [0.717, 1.165) is 16.6 Å². The molecule has 27 heavy (non-hydrogen) atoms. The SMILES string of the molecule is CC(C)(C)C1=NN(CC(=O)NCC2CC2)C(=O)c2cc3ccccc3n2C1. The van der Waals surface area contributed by atoms with Crippen LogP contribution in [0.1, 0.15) is 44.1 Å². The lowest BCUT2D eigenvalue weighted by Gasteiger charge is -2.23. The van der Waals surface area contributed by atoms with Crippen molar-refractivity contribution in [1.82, 2.24) is 14.9 Å². The number of nitrogens with zero attached hydrogens (tertiary/aromatic N) is 3. The van der Waals surface area contributed by atoms with E-state index in [9.17, 15) is 9.59 Å². The number of benzene rings is 1. The first kappa shape index (κ1) is 17.8. The number of aromatic nitrogens is 1. The fraction of sp³-hybridized carbons (Fsp3) is 0.476. The zero-order valence-electron chi connectivity index (χ0n) is 16.2. The summed E-state index contributed by atoms with van der Waals surface area (Å²) in [7, 11) is 0. The molecule has 2 amide bonds. The number of hydrogen-bond acceptors (Lipinski definition) is 3. The highest BCUT2D eigenvalue weighted by molar-refractivity contribution is 6.03. The zero-order valence-corrected chi connectivity index (χ0v) is 16.2. The van der Waals surface area contributed by atoms with Crippen LogP contribution in [0, 0.1) is 11.3 Å². The van der Waals surface area contributed by atoms with Crippen LogP contribution in [0.3, 0.4) is 0 Å². The second-order valence-corrected chi connectivity index (χ2v) is 8.58. The number of amides is 2. The van der Waals surface area contributed by atoms with Crippen molar-refractivity contribution in [2.24, 2.45) is 16.4 Å². The Hall–Kier alpha value is -2.63. The van der Waals surface area contributed by atoms with Gasteiger partial charge < -0.3 is 9.88 Å². The molecule has 1 aromatic heterocycles. The Morgan fingerprint density at radius 1 is 1.26 bits per heavy atom. The first-order chi connectivity index (χ1) is 12.8. The van der Waals surface area contributed by atoms with E-state index in [1.165, 1.54) is 17.9 Å². The molecular formula is C21H26N4O2. The van der Waals surface area contributed by atoms with Crippen molar-refractivity contribution < 1.29 is 9.59 Å². The van der Waals surface area contributed by atoms with Gasteiger partial charge in [-0.1, -0.05) is 39.0 Å². The van der Waals surface area contributed by atoms with Gasteiger partial charge in [-0.2, -0.15) is 5.10 Å². The number of hydrazone groups is 1. The second kappa shape index (κ2) is 6.51. The van der Waals surface area contributed by atoms with Gasteiger partial charge in [0.2, 0.25) is 5.91 Å². The molecule has 0 unspecified atom stereocenters. The van der Waals surface area contributed by atoms with Gasteiger partial charge in [-0.3, -0.25) is 9.59 Å². The van der Waals surface area contributed by atoms with Gasteiger partial charge in [-0.25, -0.2) is 5.01 Å². The summed E-state index contributed by atoms with van der Waals surface area (Å²) in [6.45, 7) is 7.43. The van der Waals surface area contributed by atoms with Crippen molar-refractivity contribution >= 4 is 28.4 Å². The van der Waals surface area contributed by atoms with Gasteiger partial charge in [0.05, 0.1) is 12.3 Å². The average Bonchev–Trinajstić information content (AvgIpc) is 3.39. The Kier molecular flexibility index (Phi) is 4.29. The molecule has 1 aromatic carbocycles. The summed E-state index contributed by atoms with van der Waals surface area (Å²) in [5.74, 6) is 0.216. The number of hydrogen-bond donors (Lipinski definition) is 1. The van der Waals surface area contributed by atoms with Crippen LogP contribution in [-0.4, -0.2) is 40.2 Å². The lowest BCUT2D eigenvalue weighted by molar-refractivity contribution is -0.121. The number of carbonyl (C=O) groups is 2. The monoisotopic (exact) mass is 366 g/mol. The van der Waals surface area contributed by atoms with Crippen LogP contribution in [0.5, 0.6) is 0 Å². The molecule has 6 heteroatoms. The molecule has 0 bridgehead atoms. The van der Waals surface area contributed by atoms with Crippen LogP contribution in [-0.2, 0) is 11.3 Å². The van der Waals surface area contributed by atoms with E-state index < -0.39 is 0 Å². The van der Waals surface area contributed by atoms with Crippen molar-refractivity contribution in [2.45, 2.75) is 40.2 Å². The third kappa shape index (κ3) is 3.61. The summed E-state index contributed by atoms with van der Waals surface area (Å²) >= 11 is 0. The first-order valence-corrected chi connectivity index (χ1v) is 9.58. The van der Waals surface area contributed by atoms with Gasteiger partial charge in [0.15, 0.2) is 0 Å². The smallest absolute Gasteiger partial charge is 0.291 e. The number of fused-ring (bicyclic) bond motifs is 3. The number of rotatable bonds is 4. The maximum Gasteiger partial charge on any atom is 0.291 e. The molecule has 2 heterocycles. The molecule has 1 N–H and O–H groups in total. The number of nitrogens with one attached hydrogen (secondary N) is 1. The quantitative estimate of drug-likeness (QED) is 0.904. The summed E-state index contributed by atoms with van der Waals surface area (Å²) in [6.07, 6.45) is 2.35. The predicted octanol–water partition coefficient (Wildman–Crippen LogP) is 3.03. The average molecular weight is 366 g/mol. The van der Waals surface area contributed by atoms with Gasteiger partial charge in [0.1, 0.15) is 12.2 Å². The molecule has 1 saturated carbocycles. The third-order valence-electron chi connectivity index (χ3n) is 5.26. The van der Waals surface area contributed by atoms with Crippen molar-refractivity contribution in [3.05, 3.63) is 36.0 Å². The van der Waals surface area contributed by atoms with Crippen LogP contribution in [0.2, 0.25) is 0 Å². The molecule has 0 spiro atoms. The van der Waals surface area contributed by atoms with Crippen molar-refractivity contribution in [3.8, 4) is 0 Å². The molecular weight excluding hydrogens is 340 g/mol. The molecule has 0 saturated heterocycles. The largest absolute Gasteiger partial charge is 0.354 e. The molecule has 0 radical (unpaired) electrons. The van der Waals surface area contributed by atoms with Crippen LogP contribution < -0.4 is 5.32 Å².